The van der Waals surface area contributed by atoms with E-state index in [4.69, 9.17) is 4.42 Å². The van der Waals surface area contributed by atoms with Gasteiger partial charge in [-0.3, -0.25) is 14.3 Å². The molecule has 1 N–H and O–H groups in total. The molecule has 1 aliphatic heterocycles. The van der Waals surface area contributed by atoms with Crippen molar-refractivity contribution < 1.29 is 14.0 Å². The fraction of sp³-hybridized carbons (Fsp3) is 0.560. The van der Waals surface area contributed by atoms with Gasteiger partial charge >= 0.3 is 0 Å². The van der Waals surface area contributed by atoms with Crippen LogP contribution in [0.2, 0.25) is 0 Å². The average molecular weight is 437 g/mol. The number of furan rings is 1. The number of carbonyl (C=O) groups is 2. The molecule has 7 heteroatoms. The molecule has 0 saturated heterocycles. The third-order valence-corrected chi connectivity index (χ3v) is 7.29. The maximum Gasteiger partial charge on any atom is 0.273 e. The number of rotatable bonds is 6. The van der Waals surface area contributed by atoms with Crippen molar-refractivity contribution in [1.82, 2.24) is 20.0 Å². The van der Waals surface area contributed by atoms with E-state index < -0.39 is 5.54 Å². The summed E-state index contributed by atoms with van der Waals surface area (Å²) in [6, 6.07) is 5.62. The van der Waals surface area contributed by atoms with Crippen LogP contribution in [0.15, 0.2) is 40.5 Å². The van der Waals surface area contributed by atoms with Crippen LogP contribution < -0.4 is 5.32 Å². The molecule has 3 heterocycles. The van der Waals surface area contributed by atoms with Crippen molar-refractivity contribution >= 4 is 11.8 Å². The zero-order chi connectivity index (χ0) is 22.1. The highest BCUT2D eigenvalue weighted by molar-refractivity contribution is 6.00. The Hall–Kier alpha value is -2.83. The van der Waals surface area contributed by atoms with Crippen LogP contribution in [0.25, 0.3) is 11.5 Å². The summed E-state index contributed by atoms with van der Waals surface area (Å²) in [4.78, 5) is 29.0. The van der Waals surface area contributed by atoms with Crippen LogP contribution in [0.1, 0.15) is 75.2 Å². The molecular formula is C25H32N4O3. The number of nitrogens with zero attached hydrogens (tertiary/aromatic N) is 3. The Balaban J connectivity index is 1.44. The van der Waals surface area contributed by atoms with Crippen molar-refractivity contribution in [3.05, 3.63) is 41.8 Å². The van der Waals surface area contributed by atoms with Crippen LogP contribution in [-0.4, -0.2) is 44.6 Å². The number of amides is 2. The zero-order valence-electron chi connectivity index (χ0n) is 18.8. The molecule has 2 aromatic rings. The number of nitrogens with one attached hydrogen (secondary N) is 1. The third kappa shape index (κ3) is 3.89. The molecule has 3 aliphatic rings. The number of hydrogen-bond acceptors (Lipinski definition) is 4. The molecule has 2 amide bonds. The number of aromatic nitrogens is 2. The lowest BCUT2D eigenvalue weighted by molar-refractivity contribution is -0.133. The molecule has 0 bridgehead atoms. The zero-order valence-corrected chi connectivity index (χ0v) is 18.8. The van der Waals surface area contributed by atoms with Crippen LogP contribution in [-0.2, 0) is 11.3 Å². The third-order valence-electron chi connectivity index (χ3n) is 7.29. The summed E-state index contributed by atoms with van der Waals surface area (Å²) < 4.78 is 7.17. The van der Waals surface area contributed by atoms with E-state index in [2.05, 4.69) is 16.5 Å². The first-order valence-corrected chi connectivity index (χ1v) is 12.0. The molecule has 0 aromatic carbocycles. The largest absolute Gasteiger partial charge is 0.463 e. The fourth-order valence-corrected chi connectivity index (χ4v) is 5.33. The number of carbonyl (C=O) groups excluding carboxylic acids is 2. The first-order valence-electron chi connectivity index (χ1n) is 12.0. The van der Waals surface area contributed by atoms with E-state index in [0.717, 1.165) is 44.9 Å². The predicted molar refractivity (Wildman–Crippen MR) is 121 cm³/mol. The topological polar surface area (TPSA) is 80.4 Å². The summed E-state index contributed by atoms with van der Waals surface area (Å²) in [5.41, 5.74) is 1.56. The summed E-state index contributed by atoms with van der Waals surface area (Å²) in [5, 5.41) is 7.86. The lowest BCUT2D eigenvalue weighted by atomic mass is 9.92. The lowest BCUT2D eigenvalue weighted by Crippen LogP contribution is -2.65. The minimum absolute atomic E-state index is 0.0731. The van der Waals surface area contributed by atoms with E-state index in [1.165, 1.54) is 18.4 Å². The molecule has 1 saturated carbocycles. The van der Waals surface area contributed by atoms with Crippen molar-refractivity contribution in [3.63, 3.8) is 0 Å². The molecule has 0 spiro atoms. The van der Waals surface area contributed by atoms with Crippen LogP contribution in [0, 0.1) is 0 Å². The Morgan fingerprint density at radius 2 is 2.12 bits per heavy atom. The molecule has 0 radical (unpaired) electrons. The second kappa shape index (κ2) is 8.60. The van der Waals surface area contributed by atoms with Gasteiger partial charge in [0.1, 0.15) is 16.9 Å². The van der Waals surface area contributed by atoms with Crippen LogP contribution in [0.3, 0.4) is 0 Å². The van der Waals surface area contributed by atoms with Crippen LogP contribution in [0.4, 0.5) is 0 Å². The average Bonchev–Trinajstić information content (AvgIpc) is 3.56. The molecule has 0 unspecified atom stereocenters. The quantitative estimate of drug-likeness (QED) is 0.685. The van der Waals surface area contributed by atoms with Gasteiger partial charge < -0.3 is 14.6 Å². The molecule has 1 fully saturated rings. The highest BCUT2D eigenvalue weighted by Gasteiger charge is 2.48. The summed E-state index contributed by atoms with van der Waals surface area (Å²) in [6.45, 7) is 2.77. The second-order valence-electron chi connectivity index (χ2n) is 9.59. The molecule has 2 aliphatic carbocycles. The molecular weight excluding hydrogens is 404 g/mol. The van der Waals surface area contributed by atoms with Crippen molar-refractivity contribution in [3.8, 4) is 11.5 Å². The van der Waals surface area contributed by atoms with Gasteiger partial charge in [-0.05, 0) is 64.0 Å². The minimum atomic E-state index is -0.978. The number of hydrogen-bond donors (Lipinski definition) is 1. The van der Waals surface area contributed by atoms with E-state index in [1.807, 2.05) is 13.0 Å². The van der Waals surface area contributed by atoms with Gasteiger partial charge in [0.2, 0.25) is 5.91 Å². The Labute approximate surface area is 188 Å². The SMILES string of the molecule is C[C@]1(C(=O)NC2CCCC2)Cn2nc(-c3ccco3)cc2C(=O)N1CCC1=CCCCC1. The molecule has 5 rings (SSSR count). The van der Waals surface area contributed by atoms with Crippen molar-refractivity contribution in [2.45, 2.75) is 82.8 Å². The molecule has 32 heavy (non-hydrogen) atoms. The lowest BCUT2D eigenvalue weighted by Gasteiger charge is -2.44. The normalized spacial score (nSPS) is 23.8. The molecule has 1 atom stereocenters. The monoisotopic (exact) mass is 436 g/mol. The summed E-state index contributed by atoms with van der Waals surface area (Å²) in [6.07, 6.45) is 13.7. The standard InChI is InChI=1S/C25H32N4O3/c1-25(24(31)26-19-10-5-6-11-19)17-29-21(16-20(27-29)22-12-7-15-32-22)23(30)28(25)14-13-18-8-3-2-4-9-18/h7-8,12,15-16,19H,2-6,9-11,13-14,17H2,1H3,(H,26,31)/t25-/m1/s1. The number of allylic oxidation sites excluding steroid dienone is 1. The first-order chi connectivity index (χ1) is 15.5. The smallest absolute Gasteiger partial charge is 0.273 e. The van der Waals surface area contributed by atoms with Gasteiger partial charge in [-0.25, -0.2) is 0 Å². The Kier molecular flexibility index (Phi) is 5.66. The van der Waals surface area contributed by atoms with Gasteiger partial charge in [-0.15, -0.1) is 0 Å². The Bertz CT molecular complexity index is 1020. The summed E-state index contributed by atoms with van der Waals surface area (Å²) in [7, 11) is 0. The van der Waals surface area contributed by atoms with Gasteiger partial charge in [0, 0.05) is 18.7 Å². The summed E-state index contributed by atoms with van der Waals surface area (Å²) in [5.74, 6) is 0.411. The Morgan fingerprint density at radius 1 is 1.28 bits per heavy atom. The van der Waals surface area contributed by atoms with E-state index in [0.29, 0.717) is 30.2 Å². The van der Waals surface area contributed by atoms with Gasteiger partial charge in [0.25, 0.3) is 5.91 Å². The van der Waals surface area contributed by atoms with Gasteiger partial charge in [-0.2, -0.15) is 5.10 Å². The molecule has 7 nitrogen and oxygen atoms in total. The molecule has 170 valence electrons. The van der Waals surface area contributed by atoms with Gasteiger partial charge in [-0.1, -0.05) is 24.5 Å². The first kappa shape index (κ1) is 21.0. The number of fused-ring (bicyclic) bond motifs is 1. The predicted octanol–water partition coefficient (Wildman–Crippen LogP) is 4.31. The van der Waals surface area contributed by atoms with Crippen LogP contribution >= 0.6 is 0 Å². The van der Waals surface area contributed by atoms with E-state index in [1.54, 1.807) is 28.0 Å². The maximum absolute atomic E-state index is 13.7. The van der Waals surface area contributed by atoms with Gasteiger partial charge in [0.15, 0.2) is 5.76 Å². The molecule has 2 aromatic heterocycles. The van der Waals surface area contributed by atoms with Crippen molar-refractivity contribution in [2.24, 2.45) is 0 Å². The van der Waals surface area contributed by atoms with Crippen molar-refractivity contribution in [2.75, 3.05) is 6.54 Å². The fourth-order valence-electron chi connectivity index (χ4n) is 5.33. The summed E-state index contributed by atoms with van der Waals surface area (Å²) >= 11 is 0. The minimum Gasteiger partial charge on any atom is -0.463 e. The highest BCUT2D eigenvalue weighted by atomic mass is 16.3. The van der Waals surface area contributed by atoms with Gasteiger partial charge in [0.05, 0.1) is 12.8 Å². The maximum atomic E-state index is 13.7. The second-order valence-corrected chi connectivity index (χ2v) is 9.59. The highest BCUT2D eigenvalue weighted by Crippen LogP contribution is 2.32. The van der Waals surface area contributed by atoms with Crippen LogP contribution in [0.5, 0.6) is 0 Å². The Morgan fingerprint density at radius 3 is 2.84 bits per heavy atom. The van der Waals surface area contributed by atoms with E-state index >= 15 is 0 Å². The van der Waals surface area contributed by atoms with Crippen molar-refractivity contribution in [1.29, 1.82) is 0 Å². The van der Waals surface area contributed by atoms with E-state index in [9.17, 15) is 9.59 Å². The van der Waals surface area contributed by atoms with E-state index in [-0.39, 0.29) is 17.9 Å².